The molecule has 0 spiro atoms. The summed E-state index contributed by atoms with van der Waals surface area (Å²) in [7, 11) is 3.15. The molecule has 1 aromatic heterocycles. The van der Waals surface area contributed by atoms with Gasteiger partial charge in [0, 0.05) is 18.9 Å². The minimum absolute atomic E-state index is 0. The standard InChI is InChI=1S/C17H23F2N5O2.HI/c1-4-20-17(23-11-15-21-7-8-24(15)16(18)19)22-10-12-5-6-13(25-2)14(9-12)26-3;/h5-9,16H,4,10-11H2,1-3H3,(H2,20,22,23);1H. The van der Waals surface area contributed by atoms with Gasteiger partial charge >= 0.3 is 6.55 Å². The van der Waals surface area contributed by atoms with E-state index in [2.05, 4.69) is 20.6 Å². The van der Waals surface area contributed by atoms with Crippen molar-refractivity contribution < 1.29 is 18.3 Å². The van der Waals surface area contributed by atoms with Crippen LogP contribution in [0, 0.1) is 0 Å². The molecule has 0 radical (unpaired) electrons. The molecule has 10 heteroatoms. The minimum Gasteiger partial charge on any atom is -0.493 e. The lowest BCUT2D eigenvalue weighted by molar-refractivity contribution is 0.0668. The molecule has 0 saturated carbocycles. The van der Waals surface area contributed by atoms with Crippen LogP contribution in [0.1, 0.15) is 24.9 Å². The largest absolute Gasteiger partial charge is 0.493 e. The van der Waals surface area contributed by atoms with E-state index < -0.39 is 6.55 Å². The van der Waals surface area contributed by atoms with E-state index >= 15 is 0 Å². The third-order valence-corrected chi connectivity index (χ3v) is 3.59. The van der Waals surface area contributed by atoms with Gasteiger partial charge in [-0.15, -0.1) is 24.0 Å². The highest BCUT2D eigenvalue weighted by atomic mass is 127. The maximum atomic E-state index is 12.9. The monoisotopic (exact) mass is 495 g/mol. The lowest BCUT2D eigenvalue weighted by Gasteiger charge is -2.13. The van der Waals surface area contributed by atoms with Crippen molar-refractivity contribution in [3.05, 3.63) is 42.0 Å². The van der Waals surface area contributed by atoms with Crippen molar-refractivity contribution in [1.29, 1.82) is 0 Å². The molecule has 7 nitrogen and oxygen atoms in total. The van der Waals surface area contributed by atoms with Crippen molar-refractivity contribution in [3.63, 3.8) is 0 Å². The van der Waals surface area contributed by atoms with Crippen LogP contribution in [0.2, 0.25) is 0 Å². The zero-order chi connectivity index (χ0) is 18.9. The molecule has 0 atom stereocenters. The van der Waals surface area contributed by atoms with Crippen LogP contribution in [0.5, 0.6) is 11.5 Å². The molecule has 0 aliphatic heterocycles. The number of aliphatic imine (C=N–C) groups is 1. The van der Waals surface area contributed by atoms with E-state index in [1.807, 2.05) is 25.1 Å². The van der Waals surface area contributed by atoms with Crippen LogP contribution in [0.25, 0.3) is 0 Å². The predicted molar refractivity (Wildman–Crippen MR) is 110 cm³/mol. The van der Waals surface area contributed by atoms with Crippen LogP contribution in [0.4, 0.5) is 8.78 Å². The van der Waals surface area contributed by atoms with E-state index in [1.165, 1.54) is 12.4 Å². The molecule has 150 valence electrons. The third kappa shape index (κ3) is 6.52. The van der Waals surface area contributed by atoms with E-state index in [1.54, 1.807) is 14.2 Å². The fourth-order valence-electron chi connectivity index (χ4n) is 2.31. The molecule has 0 aliphatic carbocycles. The number of imidazole rings is 1. The van der Waals surface area contributed by atoms with Gasteiger partial charge in [-0.05, 0) is 24.6 Å². The summed E-state index contributed by atoms with van der Waals surface area (Å²) in [4.78, 5) is 8.40. The molecule has 0 amide bonds. The first-order valence-electron chi connectivity index (χ1n) is 8.12. The van der Waals surface area contributed by atoms with Crippen molar-refractivity contribution >= 4 is 29.9 Å². The van der Waals surface area contributed by atoms with Gasteiger partial charge in [0.1, 0.15) is 5.82 Å². The summed E-state index contributed by atoms with van der Waals surface area (Å²) >= 11 is 0. The summed E-state index contributed by atoms with van der Waals surface area (Å²) in [5, 5.41) is 6.08. The highest BCUT2D eigenvalue weighted by Crippen LogP contribution is 2.27. The van der Waals surface area contributed by atoms with Gasteiger partial charge < -0.3 is 20.1 Å². The van der Waals surface area contributed by atoms with E-state index in [4.69, 9.17) is 9.47 Å². The summed E-state index contributed by atoms with van der Waals surface area (Å²) in [5.74, 6) is 2.00. The van der Waals surface area contributed by atoms with Crippen LogP contribution >= 0.6 is 24.0 Å². The van der Waals surface area contributed by atoms with Crippen molar-refractivity contribution in [2.75, 3.05) is 20.8 Å². The van der Waals surface area contributed by atoms with Gasteiger partial charge in [0.15, 0.2) is 17.5 Å². The molecule has 0 fully saturated rings. The van der Waals surface area contributed by atoms with E-state index in [9.17, 15) is 8.78 Å². The molecular formula is C17H24F2IN5O2. The number of hydrogen-bond acceptors (Lipinski definition) is 4. The summed E-state index contributed by atoms with van der Waals surface area (Å²) in [6.07, 6.45) is 2.59. The Kier molecular flexibility index (Phi) is 9.83. The Labute approximate surface area is 174 Å². The fourth-order valence-corrected chi connectivity index (χ4v) is 2.31. The number of nitrogens with one attached hydrogen (secondary N) is 2. The quantitative estimate of drug-likeness (QED) is 0.335. The summed E-state index contributed by atoms with van der Waals surface area (Å²) in [5.41, 5.74) is 0.925. The first kappa shape index (κ1) is 22.9. The van der Waals surface area contributed by atoms with Crippen LogP contribution in [0.3, 0.4) is 0 Å². The number of guanidine groups is 1. The van der Waals surface area contributed by atoms with Gasteiger partial charge in [-0.2, -0.15) is 8.78 Å². The van der Waals surface area contributed by atoms with E-state index in [0.717, 1.165) is 10.1 Å². The molecule has 0 unspecified atom stereocenters. The number of aromatic nitrogens is 2. The second-order valence-electron chi connectivity index (χ2n) is 5.27. The van der Waals surface area contributed by atoms with Gasteiger partial charge in [0.2, 0.25) is 0 Å². The second-order valence-corrected chi connectivity index (χ2v) is 5.27. The second kappa shape index (κ2) is 11.6. The van der Waals surface area contributed by atoms with Gasteiger partial charge in [-0.3, -0.25) is 4.57 Å². The normalized spacial score (nSPS) is 11.1. The number of rotatable bonds is 8. The average Bonchev–Trinajstić information content (AvgIpc) is 3.12. The number of halogens is 3. The van der Waals surface area contributed by atoms with Crippen molar-refractivity contribution in [2.24, 2.45) is 4.99 Å². The van der Waals surface area contributed by atoms with Crippen molar-refractivity contribution in [3.8, 4) is 11.5 Å². The number of ether oxygens (including phenoxy) is 2. The minimum atomic E-state index is -2.62. The highest BCUT2D eigenvalue weighted by molar-refractivity contribution is 14.0. The van der Waals surface area contributed by atoms with Crippen LogP contribution < -0.4 is 20.1 Å². The molecule has 0 aliphatic rings. The number of nitrogens with zero attached hydrogens (tertiary/aromatic N) is 3. The molecule has 2 aromatic rings. The van der Waals surface area contributed by atoms with Gasteiger partial charge in [-0.25, -0.2) is 9.98 Å². The Bertz CT molecular complexity index is 740. The van der Waals surface area contributed by atoms with Crippen LogP contribution in [-0.2, 0) is 13.1 Å². The maximum absolute atomic E-state index is 12.9. The molecule has 0 bridgehead atoms. The number of methoxy groups -OCH3 is 2. The average molecular weight is 495 g/mol. The molecule has 27 heavy (non-hydrogen) atoms. The predicted octanol–water partition coefficient (Wildman–Crippen LogP) is 3.17. The first-order valence-corrected chi connectivity index (χ1v) is 8.12. The molecule has 1 heterocycles. The molecule has 1 aromatic carbocycles. The van der Waals surface area contributed by atoms with Crippen molar-refractivity contribution in [1.82, 2.24) is 20.2 Å². The zero-order valence-electron chi connectivity index (χ0n) is 15.4. The Hall–Kier alpha value is -2.11. The molecule has 0 saturated heterocycles. The van der Waals surface area contributed by atoms with Gasteiger partial charge in [0.25, 0.3) is 0 Å². The lowest BCUT2D eigenvalue weighted by atomic mass is 10.2. The lowest BCUT2D eigenvalue weighted by Crippen LogP contribution is -2.37. The number of alkyl halides is 2. The van der Waals surface area contributed by atoms with Crippen LogP contribution in [-0.4, -0.2) is 36.3 Å². The Morgan fingerprint density at radius 1 is 1.22 bits per heavy atom. The highest BCUT2D eigenvalue weighted by Gasteiger charge is 2.11. The van der Waals surface area contributed by atoms with Crippen LogP contribution in [0.15, 0.2) is 35.6 Å². The molecule has 2 rings (SSSR count). The Balaban J connectivity index is 0.00000364. The molecule has 2 N–H and O–H groups in total. The SMILES string of the molecule is CCNC(=NCc1ccc(OC)c(OC)c1)NCc1nccn1C(F)F.I. The summed E-state index contributed by atoms with van der Waals surface area (Å²) in [6.45, 7) is 0.462. The molecular weight excluding hydrogens is 471 g/mol. The smallest absolute Gasteiger partial charge is 0.319 e. The van der Waals surface area contributed by atoms with Gasteiger partial charge in [-0.1, -0.05) is 6.07 Å². The number of hydrogen-bond donors (Lipinski definition) is 2. The Morgan fingerprint density at radius 2 is 1.96 bits per heavy atom. The van der Waals surface area contributed by atoms with Gasteiger partial charge in [0.05, 0.1) is 27.3 Å². The maximum Gasteiger partial charge on any atom is 0.319 e. The van der Waals surface area contributed by atoms with E-state index in [-0.39, 0.29) is 36.3 Å². The van der Waals surface area contributed by atoms with E-state index in [0.29, 0.717) is 30.5 Å². The fraction of sp³-hybridized carbons (Fsp3) is 0.412. The summed E-state index contributed by atoms with van der Waals surface area (Å²) < 4.78 is 37.0. The zero-order valence-corrected chi connectivity index (χ0v) is 17.7. The first-order chi connectivity index (χ1) is 12.6. The Morgan fingerprint density at radius 3 is 2.59 bits per heavy atom. The summed E-state index contributed by atoms with van der Waals surface area (Å²) in [6, 6.07) is 5.54. The van der Waals surface area contributed by atoms with Crippen molar-refractivity contribution in [2.45, 2.75) is 26.6 Å². The topological polar surface area (TPSA) is 72.7 Å². The third-order valence-electron chi connectivity index (χ3n) is 3.59. The number of benzene rings is 1.